The molecular weight excluding hydrogens is 461 g/mol. The number of rotatable bonds is 5. The smallest absolute Gasteiger partial charge is 0.258 e. The lowest BCUT2D eigenvalue weighted by Gasteiger charge is -2.04. The average Bonchev–Trinajstić information content (AvgIpc) is 3.38. The molecule has 0 saturated heterocycles. The Morgan fingerprint density at radius 2 is 1.63 bits per heavy atom. The molecule has 0 bridgehead atoms. The highest BCUT2D eigenvalue weighted by Gasteiger charge is 2.19. The lowest BCUT2D eigenvalue weighted by molar-refractivity contribution is 0.101. The molecule has 0 aliphatic carbocycles. The van der Waals surface area contributed by atoms with Crippen molar-refractivity contribution in [2.45, 2.75) is 0 Å². The summed E-state index contributed by atoms with van der Waals surface area (Å²) in [6, 6.07) is 17.1. The van der Waals surface area contributed by atoms with Crippen LogP contribution in [0.5, 0.6) is 0 Å². The van der Waals surface area contributed by atoms with E-state index in [9.17, 15) is 9.59 Å². The second kappa shape index (κ2) is 8.97. The Morgan fingerprint density at radius 3 is 2.33 bits per heavy atom. The largest absolute Gasteiger partial charge is 0.312 e. The normalized spacial score (nSPS) is 10.6. The maximum Gasteiger partial charge on any atom is 0.258 e. The number of carbonyl (C=O) groups excluding carboxylic acids is 2. The van der Waals surface area contributed by atoms with Crippen LogP contribution < -0.4 is 10.6 Å². The van der Waals surface area contributed by atoms with Crippen molar-refractivity contribution in [3.05, 3.63) is 87.2 Å². The molecule has 2 aromatic heterocycles. The van der Waals surface area contributed by atoms with Crippen LogP contribution in [0, 0.1) is 0 Å². The van der Waals surface area contributed by atoms with Gasteiger partial charge in [-0.25, -0.2) is 4.98 Å². The third-order valence-corrected chi connectivity index (χ3v) is 6.40. The van der Waals surface area contributed by atoms with E-state index in [0.717, 1.165) is 4.88 Å². The van der Waals surface area contributed by atoms with Crippen molar-refractivity contribution in [1.82, 2.24) is 4.98 Å². The summed E-state index contributed by atoms with van der Waals surface area (Å²) in [5.74, 6) is -0.667. The molecule has 0 saturated carbocycles. The second-order valence-electron chi connectivity index (χ2n) is 6.07. The van der Waals surface area contributed by atoms with Gasteiger partial charge in [0.05, 0.1) is 15.5 Å². The molecule has 0 unspecified atom stereocenters. The van der Waals surface area contributed by atoms with Gasteiger partial charge in [-0.1, -0.05) is 52.7 Å². The first-order chi connectivity index (χ1) is 14.5. The predicted octanol–water partition coefficient (Wildman–Crippen LogP) is 6.68. The molecule has 4 aromatic rings. The van der Waals surface area contributed by atoms with Crippen LogP contribution in [0.15, 0.2) is 66.0 Å². The average molecular weight is 474 g/mol. The number of thiazole rings is 1. The summed E-state index contributed by atoms with van der Waals surface area (Å²) in [5, 5.41) is 9.35. The molecule has 4 rings (SSSR count). The number of halogens is 2. The molecule has 2 N–H and O–H groups in total. The van der Waals surface area contributed by atoms with Gasteiger partial charge in [-0.05, 0) is 47.8 Å². The molecule has 30 heavy (non-hydrogen) atoms. The van der Waals surface area contributed by atoms with Crippen molar-refractivity contribution in [3.63, 3.8) is 0 Å². The van der Waals surface area contributed by atoms with Crippen molar-refractivity contribution in [1.29, 1.82) is 0 Å². The Kier molecular flexibility index (Phi) is 6.15. The molecule has 0 spiro atoms. The van der Waals surface area contributed by atoms with Crippen molar-refractivity contribution in [2.75, 3.05) is 10.6 Å². The zero-order valence-electron chi connectivity index (χ0n) is 15.2. The van der Waals surface area contributed by atoms with Crippen LogP contribution in [0.2, 0.25) is 10.0 Å². The number of hydrogen-bond acceptors (Lipinski definition) is 5. The van der Waals surface area contributed by atoms with Crippen LogP contribution in [-0.4, -0.2) is 16.8 Å². The van der Waals surface area contributed by atoms with Gasteiger partial charge in [-0.2, -0.15) is 0 Å². The maximum atomic E-state index is 12.7. The SMILES string of the molecule is O=C(Nc1sc(NC(=O)c2ccccc2Cl)nc1-c1cccs1)c1ccc(Cl)cc1. The van der Waals surface area contributed by atoms with E-state index >= 15 is 0 Å². The van der Waals surface area contributed by atoms with E-state index in [1.165, 1.54) is 22.7 Å². The van der Waals surface area contributed by atoms with E-state index in [1.54, 1.807) is 48.5 Å². The van der Waals surface area contributed by atoms with E-state index in [0.29, 0.717) is 37.0 Å². The number of nitrogens with one attached hydrogen (secondary N) is 2. The van der Waals surface area contributed by atoms with Crippen LogP contribution in [0.4, 0.5) is 10.1 Å². The maximum absolute atomic E-state index is 12.7. The summed E-state index contributed by atoms with van der Waals surface area (Å²) in [4.78, 5) is 30.7. The summed E-state index contributed by atoms with van der Waals surface area (Å²) < 4.78 is 0. The number of nitrogens with zero attached hydrogens (tertiary/aromatic N) is 1. The standard InChI is InChI=1S/C21H13Cl2N3O2S2/c22-13-9-7-12(8-10-13)18(27)25-20-17(16-6-3-11-29-16)24-21(30-20)26-19(28)14-4-1-2-5-15(14)23/h1-11H,(H,25,27)(H,24,26,28). The topological polar surface area (TPSA) is 71.1 Å². The molecule has 0 fully saturated rings. The fourth-order valence-electron chi connectivity index (χ4n) is 2.62. The molecule has 9 heteroatoms. The molecule has 2 amide bonds. The highest BCUT2D eigenvalue weighted by molar-refractivity contribution is 7.21. The van der Waals surface area contributed by atoms with Gasteiger partial charge in [0.25, 0.3) is 11.8 Å². The van der Waals surface area contributed by atoms with Gasteiger partial charge in [0.15, 0.2) is 5.13 Å². The van der Waals surface area contributed by atoms with Gasteiger partial charge in [0, 0.05) is 10.6 Å². The van der Waals surface area contributed by atoms with Gasteiger partial charge in [0.2, 0.25) is 0 Å². The van der Waals surface area contributed by atoms with E-state index in [-0.39, 0.29) is 11.8 Å². The van der Waals surface area contributed by atoms with Crippen molar-refractivity contribution in [2.24, 2.45) is 0 Å². The third-order valence-electron chi connectivity index (χ3n) is 4.05. The lowest BCUT2D eigenvalue weighted by Crippen LogP contribution is -2.12. The summed E-state index contributed by atoms with van der Waals surface area (Å²) in [6.45, 7) is 0. The van der Waals surface area contributed by atoms with Crippen LogP contribution >= 0.6 is 45.9 Å². The Labute approximate surface area is 190 Å². The van der Waals surface area contributed by atoms with E-state index in [2.05, 4.69) is 15.6 Å². The van der Waals surface area contributed by atoms with E-state index < -0.39 is 0 Å². The molecule has 2 heterocycles. The number of thiophene rings is 1. The van der Waals surface area contributed by atoms with Crippen LogP contribution in [0.1, 0.15) is 20.7 Å². The van der Waals surface area contributed by atoms with Gasteiger partial charge in [-0.15, -0.1) is 11.3 Å². The fraction of sp³-hybridized carbons (Fsp3) is 0. The zero-order chi connectivity index (χ0) is 21.1. The fourth-order valence-corrected chi connectivity index (χ4v) is 4.63. The predicted molar refractivity (Wildman–Crippen MR) is 124 cm³/mol. The lowest BCUT2D eigenvalue weighted by atomic mass is 10.2. The van der Waals surface area contributed by atoms with Gasteiger partial charge in [-0.3, -0.25) is 14.9 Å². The van der Waals surface area contributed by atoms with Gasteiger partial charge in [0.1, 0.15) is 10.7 Å². The molecule has 0 aliphatic rings. The highest BCUT2D eigenvalue weighted by atomic mass is 35.5. The first-order valence-electron chi connectivity index (χ1n) is 8.69. The number of amides is 2. The van der Waals surface area contributed by atoms with E-state index in [4.69, 9.17) is 23.2 Å². The first-order valence-corrected chi connectivity index (χ1v) is 11.1. The minimum absolute atomic E-state index is 0.294. The van der Waals surface area contributed by atoms with E-state index in [1.807, 2.05) is 17.5 Å². The first kappa shape index (κ1) is 20.6. The highest BCUT2D eigenvalue weighted by Crippen LogP contribution is 2.38. The molecule has 0 radical (unpaired) electrons. The molecule has 2 aromatic carbocycles. The zero-order valence-corrected chi connectivity index (χ0v) is 18.3. The Bertz CT molecular complexity index is 1210. The number of hydrogen-bond donors (Lipinski definition) is 2. The van der Waals surface area contributed by atoms with Crippen molar-refractivity contribution >= 4 is 67.8 Å². The number of carbonyl (C=O) groups is 2. The summed E-state index contributed by atoms with van der Waals surface area (Å²) >= 11 is 14.7. The minimum Gasteiger partial charge on any atom is -0.312 e. The van der Waals surface area contributed by atoms with Gasteiger partial charge >= 0.3 is 0 Å². The van der Waals surface area contributed by atoms with Crippen LogP contribution in [0.25, 0.3) is 10.6 Å². The Balaban J connectivity index is 1.62. The van der Waals surface area contributed by atoms with Crippen LogP contribution in [-0.2, 0) is 0 Å². The molecular formula is C21H13Cl2N3O2S2. The number of aromatic nitrogens is 1. The molecule has 150 valence electrons. The summed E-state index contributed by atoms with van der Waals surface area (Å²) in [5.41, 5.74) is 1.40. The third kappa shape index (κ3) is 4.55. The monoisotopic (exact) mass is 473 g/mol. The molecule has 5 nitrogen and oxygen atoms in total. The Hall–Kier alpha value is -2.71. The van der Waals surface area contributed by atoms with Crippen molar-refractivity contribution < 1.29 is 9.59 Å². The van der Waals surface area contributed by atoms with Gasteiger partial charge < -0.3 is 5.32 Å². The van der Waals surface area contributed by atoms with Crippen LogP contribution in [0.3, 0.4) is 0 Å². The Morgan fingerprint density at radius 1 is 0.867 bits per heavy atom. The van der Waals surface area contributed by atoms with Crippen molar-refractivity contribution in [3.8, 4) is 10.6 Å². The summed E-state index contributed by atoms with van der Waals surface area (Å²) in [6.07, 6.45) is 0. The molecule has 0 atom stereocenters. The second-order valence-corrected chi connectivity index (χ2v) is 8.86. The summed E-state index contributed by atoms with van der Waals surface area (Å²) in [7, 11) is 0. The number of benzene rings is 2. The molecule has 0 aliphatic heterocycles. The quantitative estimate of drug-likeness (QED) is 0.339. The minimum atomic E-state index is -0.373. The number of anilines is 2.